The Bertz CT molecular complexity index is 154. The smallest absolute Gasteiger partial charge is 0.314 e. The van der Waals surface area contributed by atoms with Gasteiger partial charge >= 0.3 is 6.03 Å². The highest BCUT2D eigenvalue weighted by atomic mass is 35.5. The van der Waals surface area contributed by atoms with Crippen molar-refractivity contribution in [2.24, 2.45) is 5.41 Å². The molecule has 4 heteroatoms. The molecule has 0 spiro atoms. The van der Waals surface area contributed by atoms with Crippen molar-refractivity contribution in [2.45, 2.75) is 27.2 Å². The number of alkyl halides is 1. The van der Waals surface area contributed by atoms with Gasteiger partial charge in [-0.1, -0.05) is 20.8 Å². The number of halogens is 1. The van der Waals surface area contributed by atoms with Crippen LogP contribution in [0, 0.1) is 5.41 Å². The van der Waals surface area contributed by atoms with Crippen molar-refractivity contribution in [1.29, 1.82) is 0 Å². The molecule has 13 heavy (non-hydrogen) atoms. The van der Waals surface area contributed by atoms with E-state index in [1.165, 1.54) is 0 Å². The Labute approximate surface area is 85.2 Å². The number of carbonyl (C=O) groups is 1. The maximum Gasteiger partial charge on any atom is 0.314 e. The Hall–Kier alpha value is -0.440. The Balaban J connectivity index is 3.37. The summed E-state index contributed by atoms with van der Waals surface area (Å²) in [7, 11) is 0. The van der Waals surface area contributed by atoms with Crippen molar-refractivity contribution >= 4 is 17.6 Å². The number of rotatable bonds is 4. The van der Waals surface area contributed by atoms with Gasteiger partial charge < -0.3 is 10.6 Å². The first-order valence-corrected chi connectivity index (χ1v) is 5.07. The summed E-state index contributed by atoms with van der Waals surface area (Å²) in [5.74, 6) is 0.451. The van der Waals surface area contributed by atoms with Crippen molar-refractivity contribution in [2.75, 3.05) is 19.0 Å². The minimum absolute atomic E-state index is 0.134. The molecule has 2 N–H and O–H groups in total. The molecular formula is C9H19ClN2O. The van der Waals surface area contributed by atoms with Crippen LogP contribution in [0.5, 0.6) is 0 Å². The number of nitrogens with one attached hydrogen (secondary N) is 2. The number of carbonyl (C=O) groups excluding carboxylic acids is 1. The van der Waals surface area contributed by atoms with Crippen molar-refractivity contribution in [3.05, 3.63) is 0 Å². The van der Waals surface area contributed by atoms with E-state index < -0.39 is 0 Å². The molecule has 0 aliphatic carbocycles. The van der Waals surface area contributed by atoms with Crippen LogP contribution in [0.2, 0.25) is 0 Å². The van der Waals surface area contributed by atoms with Crippen LogP contribution in [0.15, 0.2) is 0 Å². The minimum atomic E-state index is -0.134. The first-order valence-electron chi connectivity index (χ1n) is 4.53. The van der Waals surface area contributed by atoms with Crippen molar-refractivity contribution in [3.63, 3.8) is 0 Å². The molecular weight excluding hydrogens is 188 g/mol. The van der Waals surface area contributed by atoms with Gasteiger partial charge in [0, 0.05) is 19.0 Å². The van der Waals surface area contributed by atoms with Gasteiger partial charge in [-0.2, -0.15) is 0 Å². The van der Waals surface area contributed by atoms with Crippen molar-refractivity contribution < 1.29 is 4.79 Å². The largest absolute Gasteiger partial charge is 0.338 e. The van der Waals surface area contributed by atoms with Gasteiger partial charge in [0.25, 0.3) is 0 Å². The summed E-state index contributed by atoms with van der Waals surface area (Å²) in [6.45, 7) is 7.66. The molecule has 0 heterocycles. The summed E-state index contributed by atoms with van der Waals surface area (Å²) < 4.78 is 0. The fourth-order valence-electron chi connectivity index (χ4n) is 0.774. The quantitative estimate of drug-likeness (QED) is 0.679. The molecule has 0 saturated heterocycles. The summed E-state index contributed by atoms with van der Waals surface area (Å²) in [5, 5.41) is 5.40. The zero-order chi connectivity index (χ0) is 10.3. The topological polar surface area (TPSA) is 41.1 Å². The number of hydrogen-bond donors (Lipinski definition) is 2. The molecule has 0 unspecified atom stereocenters. The van der Waals surface area contributed by atoms with Crippen LogP contribution in [0.25, 0.3) is 0 Å². The SMILES string of the molecule is CC(C)(C)CCNC(=O)NCCCl. The third-order valence-corrected chi connectivity index (χ3v) is 1.73. The minimum Gasteiger partial charge on any atom is -0.338 e. The van der Waals surface area contributed by atoms with E-state index in [9.17, 15) is 4.79 Å². The van der Waals surface area contributed by atoms with Crippen LogP contribution < -0.4 is 10.6 Å². The second-order valence-corrected chi connectivity index (χ2v) is 4.56. The van der Waals surface area contributed by atoms with E-state index in [0.29, 0.717) is 19.0 Å². The molecule has 0 aromatic rings. The summed E-state index contributed by atoms with van der Waals surface area (Å²) in [6.07, 6.45) is 0.974. The molecule has 3 nitrogen and oxygen atoms in total. The molecule has 0 saturated carbocycles. The lowest BCUT2D eigenvalue weighted by Gasteiger charge is -2.18. The van der Waals surface area contributed by atoms with Gasteiger partial charge in [0.05, 0.1) is 0 Å². The van der Waals surface area contributed by atoms with Gasteiger partial charge in [-0.25, -0.2) is 4.79 Å². The lowest BCUT2D eigenvalue weighted by Crippen LogP contribution is -2.37. The van der Waals surface area contributed by atoms with E-state index in [0.717, 1.165) is 6.42 Å². The highest BCUT2D eigenvalue weighted by molar-refractivity contribution is 6.18. The standard InChI is InChI=1S/C9H19ClN2O/c1-9(2,3)4-6-11-8(13)12-7-5-10/h4-7H2,1-3H3,(H2,11,12,13). The van der Waals surface area contributed by atoms with Crippen LogP contribution in [0.4, 0.5) is 4.79 Å². The first kappa shape index (κ1) is 12.6. The zero-order valence-corrected chi connectivity index (χ0v) is 9.37. The van der Waals surface area contributed by atoms with E-state index in [1.807, 2.05) is 0 Å². The van der Waals surface area contributed by atoms with Gasteiger partial charge in [0.1, 0.15) is 0 Å². The normalized spacial score (nSPS) is 11.1. The molecule has 0 rings (SSSR count). The maximum atomic E-state index is 11.0. The summed E-state index contributed by atoms with van der Waals surface area (Å²) in [4.78, 5) is 11.0. The van der Waals surface area contributed by atoms with Crippen LogP contribution in [0.3, 0.4) is 0 Å². The van der Waals surface area contributed by atoms with Crippen molar-refractivity contribution in [3.8, 4) is 0 Å². The molecule has 0 aliphatic rings. The van der Waals surface area contributed by atoms with Crippen LogP contribution >= 0.6 is 11.6 Å². The molecule has 0 radical (unpaired) electrons. The average molecular weight is 207 g/mol. The van der Waals surface area contributed by atoms with Crippen LogP contribution in [-0.2, 0) is 0 Å². The third-order valence-electron chi connectivity index (χ3n) is 1.54. The number of hydrogen-bond acceptors (Lipinski definition) is 1. The molecule has 0 atom stereocenters. The van der Waals surface area contributed by atoms with Crippen LogP contribution in [0.1, 0.15) is 27.2 Å². The summed E-state index contributed by atoms with van der Waals surface area (Å²) in [5.41, 5.74) is 0.264. The maximum absolute atomic E-state index is 11.0. The highest BCUT2D eigenvalue weighted by Gasteiger charge is 2.09. The van der Waals surface area contributed by atoms with Gasteiger partial charge in [0.2, 0.25) is 0 Å². The fraction of sp³-hybridized carbons (Fsp3) is 0.889. The highest BCUT2D eigenvalue weighted by Crippen LogP contribution is 2.16. The predicted molar refractivity (Wildman–Crippen MR) is 56.2 cm³/mol. The van der Waals surface area contributed by atoms with E-state index in [1.54, 1.807) is 0 Å². The Morgan fingerprint density at radius 3 is 2.23 bits per heavy atom. The van der Waals surface area contributed by atoms with Crippen LogP contribution in [-0.4, -0.2) is 25.0 Å². The van der Waals surface area contributed by atoms with Gasteiger partial charge in [-0.05, 0) is 11.8 Å². The van der Waals surface area contributed by atoms with E-state index >= 15 is 0 Å². The average Bonchev–Trinajstić information content (AvgIpc) is 1.98. The molecule has 0 aromatic heterocycles. The van der Waals surface area contributed by atoms with Crippen molar-refractivity contribution in [1.82, 2.24) is 10.6 Å². The molecule has 0 aromatic carbocycles. The van der Waals surface area contributed by atoms with Gasteiger partial charge in [-0.3, -0.25) is 0 Å². The first-order chi connectivity index (χ1) is 5.95. The molecule has 0 bridgehead atoms. The monoisotopic (exact) mass is 206 g/mol. The second-order valence-electron chi connectivity index (χ2n) is 4.18. The Kier molecular flexibility index (Phi) is 5.88. The summed E-state index contributed by atoms with van der Waals surface area (Å²) in [6, 6.07) is -0.134. The second kappa shape index (κ2) is 6.08. The zero-order valence-electron chi connectivity index (χ0n) is 8.61. The lowest BCUT2D eigenvalue weighted by molar-refractivity contribution is 0.239. The predicted octanol–water partition coefficient (Wildman–Crippen LogP) is 1.96. The number of amides is 2. The number of urea groups is 1. The molecule has 2 amide bonds. The fourth-order valence-corrected chi connectivity index (χ4v) is 0.869. The molecule has 0 fully saturated rings. The van der Waals surface area contributed by atoms with E-state index in [-0.39, 0.29) is 11.4 Å². The molecule has 0 aliphatic heterocycles. The Morgan fingerprint density at radius 1 is 1.23 bits per heavy atom. The lowest BCUT2D eigenvalue weighted by atomic mass is 9.92. The Morgan fingerprint density at radius 2 is 1.77 bits per heavy atom. The third kappa shape index (κ3) is 9.47. The molecule has 78 valence electrons. The van der Waals surface area contributed by atoms with E-state index in [2.05, 4.69) is 31.4 Å². The van der Waals surface area contributed by atoms with E-state index in [4.69, 9.17) is 11.6 Å². The van der Waals surface area contributed by atoms with Gasteiger partial charge in [-0.15, -0.1) is 11.6 Å². The summed E-state index contributed by atoms with van der Waals surface area (Å²) >= 11 is 5.41. The van der Waals surface area contributed by atoms with Gasteiger partial charge in [0.15, 0.2) is 0 Å².